The number of carbonyl (C=O) groups excluding carboxylic acids is 3. The molecule has 124 valence electrons. The first-order valence-electron chi connectivity index (χ1n) is 7.55. The number of hydrogen-bond donors (Lipinski definition) is 0. The molecular formula is C16H20FN3O3. The Balaban J connectivity index is 1.92. The van der Waals surface area contributed by atoms with Crippen LogP contribution in [0.2, 0.25) is 0 Å². The number of halogens is 1. The van der Waals surface area contributed by atoms with Crippen LogP contribution in [-0.4, -0.2) is 59.4 Å². The molecule has 0 spiro atoms. The van der Waals surface area contributed by atoms with Crippen LogP contribution in [0.25, 0.3) is 0 Å². The van der Waals surface area contributed by atoms with E-state index in [1.165, 1.54) is 17.0 Å². The van der Waals surface area contributed by atoms with Crippen LogP contribution < -0.4 is 0 Å². The number of nitrogens with zero attached hydrogens (tertiary/aromatic N) is 3. The lowest BCUT2D eigenvalue weighted by Crippen LogP contribution is -2.44. The lowest BCUT2D eigenvalue weighted by molar-refractivity contribution is -0.127. The molecule has 1 aromatic rings. The van der Waals surface area contributed by atoms with Gasteiger partial charge in [-0.2, -0.15) is 0 Å². The average Bonchev–Trinajstić information content (AvgIpc) is 2.94. The van der Waals surface area contributed by atoms with Gasteiger partial charge in [-0.15, -0.1) is 0 Å². The van der Waals surface area contributed by atoms with E-state index in [2.05, 4.69) is 0 Å². The summed E-state index contributed by atoms with van der Waals surface area (Å²) in [4.78, 5) is 40.0. The molecular weight excluding hydrogens is 301 g/mol. The third-order valence-corrected chi connectivity index (χ3v) is 3.88. The Morgan fingerprint density at radius 1 is 1.17 bits per heavy atom. The summed E-state index contributed by atoms with van der Waals surface area (Å²) in [6.45, 7) is 2.72. The monoisotopic (exact) mass is 321 g/mol. The van der Waals surface area contributed by atoms with E-state index >= 15 is 0 Å². The van der Waals surface area contributed by atoms with E-state index in [9.17, 15) is 18.8 Å². The van der Waals surface area contributed by atoms with Gasteiger partial charge in [0.15, 0.2) is 0 Å². The van der Waals surface area contributed by atoms with Crippen LogP contribution in [-0.2, 0) is 11.2 Å². The fourth-order valence-corrected chi connectivity index (χ4v) is 2.32. The third kappa shape index (κ3) is 3.85. The van der Waals surface area contributed by atoms with E-state index in [0.717, 1.165) is 15.4 Å². The number of urea groups is 2. The fourth-order valence-electron chi connectivity index (χ4n) is 2.32. The van der Waals surface area contributed by atoms with Crippen molar-refractivity contribution in [3.63, 3.8) is 0 Å². The molecule has 1 aliphatic rings. The highest BCUT2D eigenvalue weighted by Gasteiger charge is 2.37. The van der Waals surface area contributed by atoms with Crippen molar-refractivity contribution in [1.29, 1.82) is 0 Å². The van der Waals surface area contributed by atoms with Crippen molar-refractivity contribution in [3.05, 3.63) is 35.6 Å². The van der Waals surface area contributed by atoms with E-state index in [4.69, 9.17) is 0 Å². The molecule has 23 heavy (non-hydrogen) atoms. The van der Waals surface area contributed by atoms with E-state index in [0.29, 0.717) is 13.0 Å². The van der Waals surface area contributed by atoms with Gasteiger partial charge in [-0.1, -0.05) is 12.1 Å². The molecule has 0 radical (unpaired) electrons. The van der Waals surface area contributed by atoms with Crippen molar-refractivity contribution >= 4 is 18.0 Å². The molecule has 0 bridgehead atoms. The highest BCUT2D eigenvalue weighted by atomic mass is 19.1. The average molecular weight is 321 g/mol. The Morgan fingerprint density at radius 3 is 2.39 bits per heavy atom. The molecule has 7 heteroatoms. The second-order valence-corrected chi connectivity index (χ2v) is 5.40. The van der Waals surface area contributed by atoms with Gasteiger partial charge in [0.05, 0.1) is 6.54 Å². The van der Waals surface area contributed by atoms with Gasteiger partial charge < -0.3 is 4.90 Å². The lowest BCUT2D eigenvalue weighted by Gasteiger charge is -2.21. The molecule has 6 nitrogen and oxygen atoms in total. The molecule has 1 saturated heterocycles. The zero-order valence-corrected chi connectivity index (χ0v) is 13.3. The quantitative estimate of drug-likeness (QED) is 0.853. The predicted octanol–water partition coefficient (Wildman–Crippen LogP) is 2.09. The maximum absolute atomic E-state index is 12.8. The SMILES string of the molecule is CCN(C)C(=O)N1CCN(C(=O)CCc2ccc(F)cc2)C1=O. The molecule has 0 aromatic heterocycles. The van der Waals surface area contributed by atoms with Crippen molar-refractivity contribution in [2.45, 2.75) is 19.8 Å². The van der Waals surface area contributed by atoms with Crippen molar-refractivity contribution in [2.75, 3.05) is 26.7 Å². The first-order valence-corrected chi connectivity index (χ1v) is 7.55. The molecule has 0 N–H and O–H groups in total. The van der Waals surface area contributed by atoms with Crippen LogP contribution in [0.15, 0.2) is 24.3 Å². The smallest absolute Gasteiger partial charge is 0.328 e. The summed E-state index contributed by atoms with van der Waals surface area (Å²) in [5.74, 6) is -0.655. The lowest BCUT2D eigenvalue weighted by atomic mass is 10.1. The van der Waals surface area contributed by atoms with Crippen molar-refractivity contribution in [2.24, 2.45) is 0 Å². The highest BCUT2D eigenvalue weighted by Crippen LogP contribution is 2.14. The number of imide groups is 2. The largest absolute Gasteiger partial charge is 0.334 e. The van der Waals surface area contributed by atoms with Crippen molar-refractivity contribution < 1.29 is 18.8 Å². The summed E-state index contributed by atoms with van der Waals surface area (Å²) in [6, 6.07) is 4.93. The Hall–Kier alpha value is -2.44. The standard InChI is InChI=1S/C16H20FN3O3/c1-3-18(2)15(22)20-11-10-19(16(20)23)14(21)9-6-12-4-7-13(17)8-5-12/h4-5,7-8H,3,6,9-11H2,1-2H3. The summed E-state index contributed by atoms with van der Waals surface area (Å²) < 4.78 is 12.8. The minimum atomic E-state index is -0.570. The van der Waals surface area contributed by atoms with Crippen LogP contribution in [0.4, 0.5) is 14.0 Å². The third-order valence-electron chi connectivity index (χ3n) is 3.88. The maximum atomic E-state index is 12.8. The first-order chi connectivity index (χ1) is 10.9. The predicted molar refractivity (Wildman–Crippen MR) is 82.2 cm³/mol. The van der Waals surface area contributed by atoms with E-state index in [-0.39, 0.29) is 31.2 Å². The summed E-state index contributed by atoms with van der Waals surface area (Å²) in [5.41, 5.74) is 0.824. The van der Waals surface area contributed by atoms with E-state index in [1.807, 2.05) is 6.92 Å². The molecule has 0 unspecified atom stereocenters. The molecule has 0 saturated carbocycles. The van der Waals surface area contributed by atoms with Gasteiger partial charge >= 0.3 is 12.1 Å². The van der Waals surface area contributed by atoms with Gasteiger partial charge in [0, 0.05) is 26.6 Å². The summed E-state index contributed by atoms with van der Waals surface area (Å²) in [5, 5.41) is 0. The Labute approximate surface area is 134 Å². The molecule has 2 rings (SSSR count). The normalized spacial score (nSPS) is 14.3. The molecule has 0 atom stereocenters. The van der Waals surface area contributed by atoms with Crippen molar-refractivity contribution in [3.8, 4) is 0 Å². The summed E-state index contributed by atoms with van der Waals surface area (Å²) in [6.07, 6.45) is 0.564. The van der Waals surface area contributed by atoms with E-state index < -0.39 is 12.1 Å². The number of aryl methyl sites for hydroxylation is 1. The van der Waals surface area contributed by atoms with Gasteiger partial charge in [-0.25, -0.2) is 18.9 Å². The van der Waals surface area contributed by atoms with Crippen LogP contribution in [0.1, 0.15) is 18.9 Å². The summed E-state index contributed by atoms with van der Waals surface area (Å²) in [7, 11) is 1.61. The number of benzene rings is 1. The van der Waals surface area contributed by atoms with Crippen LogP contribution in [0.3, 0.4) is 0 Å². The van der Waals surface area contributed by atoms with Gasteiger partial charge in [-0.05, 0) is 31.0 Å². The van der Waals surface area contributed by atoms with E-state index in [1.54, 1.807) is 19.2 Å². The number of rotatable bonds is 4. The fraction of sp³-hybridized carbons (Fsp3) is 0.438. The Kier molecular flexibility index (Phi) is 5.31. The van der Waals surface area contributed by atoms with Crippen molar-refractivity contribution in [1.82, 2.24) is 14.7 Å². The topological polar surface area (TPSA) is 60.9 Å². The van der Waals surface area contributed by atoms with Crippen LogP contribution in [0.5, 0.6) is 0 Å². The zero-order valence-electron chi connectivity index (χ0n) is 13.3. The number of hydrogen-bond acceptors (Lipinski definition) is 3. The molecule has 5 amide bonds. The van der Waals surface area contributed by atoms with Gasteiger partial charge in [0.25, 0.3) is 0 Å². The van der Waals surface area contributed by atoms with Gasteiger partial charge in [0.1, 0.15) is 5.82 Å². The van der Waals surface area contributed by atoms with Gasteiger partial charge in [0.2, 0.25) is 5.91 Å². The van der Waals surface area contributed by atoms with Crippen LogP contribution in [0, 0.1) is 5.82 Å². The minimum absolute atomic E-state index is 0.142. The first kappa shape index (κ1) is 16.9. The molecule has 1 aliphatic heterocycles. The second kappa shape index (κ2) is 7.21. The number of carbonyl (C=O) groups is 3. The number of amides is 5. The molecule has 1 aromatic carbocycles. The maximum Gasteiger partial charge on any atom is 0.334 e. The van der Waals surface area contributed by atoms with Crippen LogP contribution >= 0.6 is 0 Å². The second-order valence-electron chi connectivity index (χ2n) is 5.40. The Bertz CT molecular complexity index is 603. The minimum Gasteiger partial charge on any atom is -0.328 e. The molecule has 1 heterocycles. The zero-order chi connectivity index (χ0) is 17.0. The highest BCUT2D eigenvalue weighted by molar-refractivity contribution is 6.03. The molecule has 0 aliphatic carbocycles. The summed E-state index contributed by atoms with van der Waals surface area (Å²) >= 11 is 0. The Morgan fingerprint density at radius 2 is 1.78 bits per heavy atom. The van der Waals surface area contributed by atoms with Gasteiger partial charge in [-0.3, -0.25) is 9.69 Å². The molecule has 1 fully saturated rings.